The van der Waals surface area contributed by atoms with Crippen LogP contribution in [0.15, 0.2) is 102 Å². The number of pyridine rings is 2. The SMILES string of the molecule is IC1C=CNC2c3nc(-c4ccc5ccc(-c6ccc7c(n6)[C@@H]6N=CC=CC6C=C7)cc5c4)ccc3C=CC12. The summed E-state index contributed by atoms with van der Waals surface area (Å²) < 4.78 is 0.461. The summed E-state index contributed by atoms with van der Waals surface area (Å²) in [5, 5.41) is 5.95. The van der Waals surface area contributed by atoms with Gasteiger partial charge in [-0.2, -0.15) is 0 Å². The molecule has 4 heterocycles. The molecule has 4 nitrogen and oxygen atoms in total. The Hall–Kier alpha value is -3.84. The molecule has 0 amide bonds. The maximum absolute atomic E-state index is 5.19. The van der Waals surface area contributed by atoms with Crippen molar-refractivity contribution < 1.29 is 0 Å². The van der Waals surface area contributed by atoms with E-state index in [1.165, 1.54) is 16.3 Å². The van der Waals surface area contributed by atoms with Crippen LogP contribution >= 0.6 is 22.6 Å². The molecule has 1 N–H and O–H groups in total. The number of halogens is 1. The molecule has 8 rings (SSSR count). The molecule has 2 aromatic heterocycles. The number of nitrogens with zero attached hydrogens (tertiary/aromatic N) is 3. The van der Waals surface area contributed by atoms with Gasteiger partial charge in [-0.25, -0.2) is 9.97 Å². The van der Waals surface area contributed by atoms with E-state index in [1.807, 2.05) is 12.3 Å². The third-order valence-corrected chi connectivity index (χ3v) is 9.50. The van der Waals surface area contributed by atoms with Gasteiger partial charge in [0.25, 0.3) is 0 Å². The van der Waals surface area contributed by atoms with Crippen molar-refractivity contribution in [1.82, 2.24) is 15.3 Å². The number of hydrogen-bond acceptors (Lipinski definition) is 4. The number of rotatable bonds is 2. The van der Waals surface area contributed by atoms with Crippen LogP contribution in [0.25, 0.3) is 45.4 Å². The summed E-state index contributed by atoms with van der Waals surface area (Å²) in [4.78, 5) is 15.0. The van der Waals surface area contributed by atoms with Gasteiger partial charge >= 0.3 is 0 Å². The van der Waals surface area contributed by atoms with Crippen LogP contribution in [-0.2, 0) is 0 Å². The van der Waals surface area contributed by atoms with Crippen LogP contribution in [0.5, 0.6) is 0 Å². The molecule has 39 heavy (non-hydrogen) atoms. The quantitative estimate of drug-likeness (QED) is 0.184. The van der Waals surface area contributed by atoms with Gasteiger partial charge in [-0.05, 0) is 58.4 Å². The fraction of sp³-hybridized carbons (Fsp3) is 0.147. The van der Waals surface area contributed by atoms with Gasteiger partial charge in [0.15, 0.2) is 0 Å². The minimum Gasteiger partial charge on any atom is -0.382 e. The minimum absolute atomic E-state index is 0.0585. The highest BCUT2D eigenvalue weighted by Gasteiger charge is 2.33. The zero-order chi connectivity index (χ0) is 25.9. The first-order valence-electron chi connectivity index (χ1n) is 13.4. The highest BCUT2D eigenvalue weighted by Crippen LogP contribution is 2.40. The van der Waals surface area contributed by atoms with Crippen LogP contribution in [0.4, 0.5) is 0 Å². The molecule has 4 unspecified atom stereocenters. The molecule has 2 aromatic carbocycles. The Labute approximate surface area is 241 Å². The number of hydrogen-bond donors (Lipinski definition) is 1. The number of fused-ring (bicyclic) bond motifs is 7. The van der Waals surface area contributed by atoms with E-state index in [1.54, 1.807) is 0 Å². The lowest BCUT2D eigenvalue weighted by atomic mass is 9.84. The van der Waals surface area contributed by atoms with Gasteiger partial charge in [0, 0.05) is 33.1 Å². The van der Waals surface area contributed by atoms with E-state index in [0.29, 0.717) is 9.84 Å². The van der Waals surface area contributed by atoms with Crippen LogP contribution in [0.1, 0.15) is 34.6 Å². The summed E-state index contributed by atoms with van der Waals surface area (Å²) in [6, 6.07) is 22.1. The molecular weight excluding hydrogens is 591 g/mol. The molecule has 0 spiro atoms. The normalized spacial score (nSPS) is 25.5. The average Bonchev–Trinajstić information content (AvgIpc) is 3.00. The number of benzene rings is 2. The second-order valence-corrected chi connectivity index (χ2v) is 12.0. The van der Waals surface area contributed by atoms with Gasteiger partial charge in [0.2, 0.25) is 0 Å². The highest BCUT2D eigenvalue weighted by molar-refractivity contribution is 14.1. The van der Waals surface area contributed by atoms with Crippen LogP contribution in [0, 0.1) is 11.8 Å². The van der Waals surface area contributed by atoms with E-state index in [4.69, 9.17) is 15.0 Å². The molecule has 2 aliphatic heterocycles. The fourth-order valence-electron chi connectivity index (χ4n) is 6.16. The lowest BCUT2D eigenvalue weighted by Gasteiger charge is -2.34. The maximum Gasteiger partial charge on any atom is 0.102 e. The summed E-state index contributed by atoms with van der Waals surface area (Å²) in [6.07, 6.45) is 19.4. The Bertz CT molecular complexity index is 1800. The molecule has 0 radical (unpaired) electrons. The van der Waals surface area contributed by atoms with Gasteiger partial charge in [-0.15, -0.1) is 0 Å². The number of aromatic nitrogens is 2. The summed E-state index contributed by atoms with van der Waals surface area (Å²) in [5.41, 5.74) is 8.76. The molecule has 5 atom stereocenters. The van der Waals surface area contributed by atoms with Gasteiger partial charge in [-0.3, -0.25) is 4.99 Å². The van der Waals surface area contributed by atoms with Crippen LogP contribution in [0.3, 0.4) is 0 Å². The van der Waals surface area contributed by atoms with Crippen LogP contribution in [0.2, 0.25) is 0 Å². The summed E-state index contributed by atoms with van der Waals surface area (Å²) in [6.45, 7) is 0. The molecule has 188 valence electrons. The zero-order valence-corrected chi connectivity index (χ0v) is 23.2. The monoisotopic (exact) mass is 616 g/mol. The molecule has 0 saturated heterocycles. The Balaban J connectivity index is 1.17. The summed E-state index contributed by atoms with van der Waals surface area (Å²) in [7, 11) is 0. The summed E-state index contributed by atoms with van der Waals surface area (Å²) >= 11 is 2.52. The van der Waals surface area contributed by atoms with Gasteiger partial charge in [0.05, 0.1) is 28.8 Å². The van der Waals surface area contributed by atoms with Crippen molar-refractivity contribution in [2.75, 3.05) is 0 Å². The number of alkyl halides is 1. The van der Waals surface area contributed by atoms with Gasteiger partial charge in [0.1, 0.15) is 6.04 Å². The first kappa shape index (κ1) is 23.1. The summed E-state index contributed by atoms with van der Waals surface area (Å²) in [5.74, 6) is 0.692. The van der Waals surface area contributed by atoms with Crippen molar-refractivity contribution in [3.05, 3.63) is 120 Å². The van der Waals surface area contributed by atoms with Crippen molar-refractivity contribution >= 4 is 51.7 Å². The first-order chi connectivity index (χ1) is 19.2. The average molecular weight is 617 g/mol. The molecule has 5 heteroatoms. The van der Waals surface area contributed by atoms with Crippen molar-refractivity contribution in [3.8, 4) is 22.5 Å². The number of allylic oxidation sites excluding steroid dienone is 2. The molecule has 4 aromatic rings. The minimum atomic E-state index is 0.0585. The smallest absolute Gasteiger partial charge is 0.102 e. The molecule has 4 aliphatic rings. The van der Waals surface area contributed by atoms with E-state index in [9.17, 15) is 0 Å². The fourth-order valence-corrected chi connectivity index (χ4v) is 7.02. The largest absolute Gasteiger partial charge is 0.382 e. The van der Waals surface area contributed by atoms with Crippen molar-refractivity contribution in [2.45, 2.75) is 16.0 Å². The molecule has 0 fully saturated rings. The van der Waals surface area contributed by atoms with E-state index in [-0.39, 0.29) is 18.0 Å². The van der Waals surface area contributed by atoms with Crippen molar-refractivity contribution in [3.63, 3.8) is 0 Å². The number of aliphatic imine (C=N–C) groups is 1. The van der Waals surface area contributed by atoms with Gasteiger partial charge in [-0.1, -0.05) is 95.4 Å². The van der Waals surface area contributed by atoms with Crippen molar-refractivity contribution in [2.24, 2.45) is 16.8 Å². The molecule has 0 saturated carbocycles. The van der Waals surface area contributed by atoms with Gasteiger partial charge < -0.3 is 5.32 Å². The predicted octanol–water partition coefficient (Wildman–Crippen LogP) is 7.89. The lowest BCUT2D eigenvalue weighted by molar-refractivity contribution is 0.451. The predicted molar refractivity (Wildman–Crippen MR) is 169 cm³/mol. The van der Waals surface area contributed by atoms with E-state index in [2.05, 4.69) is 131 Å². The second kappa shape index (κ2) is 9.12. The van der Waals surface area contributed by atoms with Crippen molar-refractivity contribution in [1.29, 1.82) is 0 Å². The molecule has 2 aliphatic carbocycles. The third kappa shape index (κ3) is 3.90. The third-order valence-electron chi connectivity index (χ3n) is 8.26. The Kier molecular flexibility index (Phi) is 5.40. The van der Waals surface area contributed by atoms with Crippen LogP contribution in [-0.4, -0.2) is 20.1 Å². The van der Waals surface area contributed by atoms with E-state index < -0.39 is 0 Å². The Morgan fingerprint density at radius 2 is 1.41 bits per heavy atom. The molecule has 0 bridgehead atoms. The van der Waals surface area contributed by atoms with Crippen LogP contribution < -0.4 is 5.32 Å². The molecular formula is C34H25IN4. The second-order valence-electron chi connectivity index (χ2n) is 10.6. The number of nitrogens with one attached hydrogen (secondary N) is 1. The standard InChI is InChI=1S/C34H25IN4/c35-28-15-17-37-34-27(28)12-9-23-11-14-30(39-33(23)34)25-8-4-20-3-7-24(18-26(20)19-25)29-13-10-22-6-5-21-2-1-16-36-31(21)32(22)38-29/h1-19,21,27-28,31,34,37H/t21?,27?,28?,31-,34?/m1/s1. The van der Waals surface area contributed by atoms with E-state index >= 15 is 0 Å². The highest BCUT2D eigenvalue weighted by atomic mass is 127. The zero-order valence-electron chi connectivity index (χ0n) is 21.1. The Morgan fingerprint density at radius 3 is 2.21 bits per heavy atom. The topological polar surface area (TPSA) is 50.2 Å². The first-order valence-corrected chi connectivity index (χ1v) is 14.7. The lowest BCUT2D eigenvalue weighted by Crippen LogP contribution is -2.35. The maximum atomic E-state index is 5.19. The Morgan fingerprint density at radius 1 is 0.692 bits per heavy atom. The number of dihydropyridines is 1. The van der Waals surface area contributed by atoms with E-state index in [0.717, 1.165) is 39.5 Å².